The van der Waals surface area contributed by atoms with Crippen molar-refractivity contribution in [2.75, 3.05) is 16.8 Å². The summed E-state index contributed by atoms with van der Waals surface area (Å²) in [7, 11) is 0. The van der Waals surface area contributed by atoms with Crippen molar-refractivity contribution in [3.05, 3.63) is 65.5 Å². The van der Waals surface area contributed by atoms with Crippen LogP contribution in [0, 0.1) is 5.82 Å². The summed E-state index contributed by atoms with van der Waals surface area (Å²) in [5.74, 6) is 1.90. The third-order valence-electron chi connectivity index (χ3n) is 3.37. The maximum atomic E-state index is 12.9. The average molecular weight is 333 g/mol. The number of thioether (sulfide) groups is 2. The van der Waals surface area contributed by atoms with Gasteiger partial charge in [0.1, 0.15) is 5.82 Å². The third kappa shape index (κ3) is 3.84. The molecule has 1 fully saturated rings. The molecule has 1 saturated heterocycles. The Morgan fingerprint density at radius 2 is 1.64 bits per heavy atom. The van der Waals surface area contributed by atoms with Crippen LogP contribution in [0.3, 0.4) is 0 Å². The second-order valence-electron chi connectivity index (χ2n) is 5.01. The Bertz CT molecular complexity index is 637. The van der Waals surface area contributed by atoms with E-state index in [-0.39, 0.29) is 11.7 Å². The molecule has 2 nitrogen and oxygen atoms in total. The lowest BCUT2D eigenvalue weighted by atomic mass is 10.1. The Balaban J connectivity index is 1.66. The second kappa shape index (κ2) is 7.20. The Morgan fingerprint density at radius 3 is 2.27 bits per heavy atom. The standard InChI is InChI=1S/C17H16FNOS2/c18-14-6-8-15(9-7-14)19-16(20)12-2-4-13(5-3-12)17-21-10-1-11-22-17/h2-9,17H,1,10-11H2,(H,19,20). The normalized spacial score (nSPS) is 15.5. The van der Waals surface area contributed by atoms with Crippen LogP contribution in [0.15, 0.2) is 48.5 Å². The summed E-state index contributed by atoms with van der Waals surface area (Å²) in [6.07, 6.45) is 1.27. The zero-order chi connectivity index (χ0) is 15.4. The largest absolute Gasteiger partial charge is 0.322 e. The second-order valence-corrected chi connectivity index (χ2v) is 7.73. The lowest BCUT2D eigenvalue weighted by Crippen LogP contribution is -2.12. The third-order valence-corrected chi connectivity index (χ3v) is 6.39. The molecule has 0 radical (unpaired) electrons. The van der Waals surface area contributed by atoms with Crippen molar-refractivity contribution >= 4 is 35.1 Å². The van der Waals surface area contributed by atoms with Crippen LogP contribution in [-0.2, 0) is 0 Å². The lowest BCUT2D eigenvalue weighted by molar-refractivity contribution is 0.102. The highest BCUT2D eigenvalue weighted by Gasteiger charge is 2.17. The van der Waals surface area contributed by atoms with Crippen LogP contribution in [0.25, 0.3) is 0 Å². The quantitative estimate of drug-likeness (QED) is 0.862. The first-order valence-corrected chi connectivity index (χ1v) is 9.22. The van der Waals surface area contributed by atoms with E-state index >= 15 is 0 Å². The highest BCUT2D eigenvalue weighted by atomic mass is 32.2. The molecule has 1 aliphatic rings. The molecule has 0 bridgehead atoms. The molecule has 5 heteroatoms. The minimum absolute atomic E-state index is 0.179. The molecular weight excluding hydrogens is 317 g/mol. The van der Waals surface area contributed by atoms with E-state index in [0.717, 1.165) is 0 Å². The molecule has 0 atom stereocenters. The maximum absolute atomic E-state index is 12.9. The molecule has 114 valence electrons. The summed E-state index contributed by atoms with van der Waals surface area (Å²) in [6, 6.07) is 13.5. The molecule has 2 aromatic carbocycles. The SMILES string of the molecule is O=C(Nc1ccc(F)cc1)c1ccc(C2SCCCS2)cc1. The van der Waals surface area contributed by atoms with Gasteiger partial charge in [0, 0.05) is 11.3 Å². The number of benzene rings is 2. The molecule has 1 aliphatic heterocycles. The molecule has 1 N–H and O–H groups in total. The zero-order valence-electron chi connectivity index (χ0n) is 11.9. The Hall–Kier alpha value is -1.46. The van der Waals surface area contributed by atoms with Crippen LogP contribution in [0.4, 0.5) is 10.1 Å². The molecule has 0 unspecified atom stereocenters. The predicted octanol–water partition coefficient (Wildman–Crippen LogP) is 4.95. The summed E-state index contributed by atoms with van der Waals surface area (Å²) in [5, 5.41) is 2.77. The van der Waals surface area contributed by atoms with E-state index in [0.29, 0.717) is 15.8 Å². The number of anilines is 1. The Labute approximate surface area is 137 Å². The molecule has 22 heavy (non-hydrogen) atoms. The van der Waals surface area contributed by atoms with Gasteiger partial charge in [0.2, 0.25) is 0 Å². The summed E-state index contributed by atoms with van der Waals surface area (Å²) < 4.78 is 13.3. The van der Waals surface area contributed by atoms with Crippen LogP contribution in [0.2, 0.25) is 0 Å². The van der Waals surface area contributed by atoms with Gasteiger partial charge in [-0.3, -0.25) is 4.79 Å². The fraction of sp³-hybridized carbons (Fsp3) is 0.235. The van der Waals surface area contributed by atoms with E-state index in [1.165, 1.54) is 35.6 Å². The van der Waals surface area contributed by atoms with Crippen LogP contribution >= 0.6 is 23.5 Å². The van der Waals surface area contributed by atoms with Gasteiger partial charge < -0.3 is 5.32 Å². The van der Waals surface area contributed by atoms with E-state index < -0.39 is 0 Å². The van der Waals surface area contributed by atoms with E-state index in [1.54, 1.807) is 12.1 Å². The fourth-order valence-corrected chi connectivity index (χ4v) is 5.10. The Morgan fingerprint density at radius 1 is 1.00 bits per heavy atom. The van der Waals surface area contributed by atoms with Crippen LogP contribution in [-0.4, -0.2) is 17.4 Å². The van der Waals surface area contributed by atoms with Gasteiger partial charge in [0.15, 0.2) is 0 Å². The van der Waals surface area contributed by atoms with Gasteiger partial charge in [0.25, 0.3) is 5.91 Å². The van der Waals surface area contributed by atoms with Gasteiger partial charge in [0.05, 0.1) is 4.58 Å². The first-order valence-electron chi connectivity index (χ1n) is 7.12. The van der Waals surface area contributed by atoms with Crippen molar-refractivity contribution in [1.82, 2.24) is 0 Å². The van der Waals surface area contributed by atoms with Crippen molar-refractivity contribution in [3.63, 3.8) is 0 Å². The Kier molecular flexibility index (Phi) is 5.05. The number of carbonyl (C=O) groups excluding carboxylic acids is 1. The number of rotatable bonds is 3. The molecule has 3 rings (SSSR count). The monoisotopic (exact) mass is 333 g/mol. The average Bonchev–Trinajstić information content (AvgIpc) is 2.58. The number of hydrogen-bond donors (Lipinski definition) is 1. The smallest absolute Gasteiger partial charge is 0.255 e. The minimum atomic E-state index is -0.315. The zero-order valence-corrected chi connectivity index (χ0v) is 13.6. The molecule has 2 aromatic rings. The van der Waals surface area contributed by atoms with Gasteiger partial charge in [-0.25, -0.2) is 4.39 Å². The highest BCUT2D eigenvalue weighted by Crippen LogP contribution is 2.43. The van der Waals surface area contributed by atoms with Crippen molar-refractivity contribution in [2.24, 2.45) is 0 Å². The van der Waals surface area contributed by atoms with Crippen molar-refractivity contribution in [3.8, 4) is 0 Å². The molecule has 1 amide bonds. The van der Waals surface area contributed by atoms with Crippen molar-refractivity contribution in [1.29, 1.82) is 0 Å². The molecule has 0 aromatic heterocycles. The number of halogens is 1. The molecule has 0 spiro atoms. The van der Waals surface area contributed by atoms with E-state index in [2.05, 4.69) is 5.32 Å². The first kappa shape index (κ1) is 15.4. The van der Waals surface area contributed by atoms with Crippen LogP contribution in [0.1, 0.15) is 26.9 Å². The van der Waals surface area contributed by atoms with Gasteiger partial charge in [-0.1, -0.05) is 12.1 Å². The maximum Gasteiger partial charge on any atom is 0.255 e. The van der Waals surface area contributed by atoms with Gasteiger partial charge in [-0.15, -0.1) is 23.5 Å². The molecule has 0 saturated carbocycles. The summed E-state index contributed by atoms with van der Waals surface area (Å²) in [6.45, 7) is 0. The topological polar surface area (TPSA) is 29.1 Å². The van der Waals surface area contributed by atoms with E-state index in [4.69, 9.17) is 0 Å². The highest BCUT2D eigenvalue weighted by molar-refractivity contribution is 8.16. The predicted molar refractivity (Wildman–Crippen MR) is 93.1 cm³/mol. The van der Waals surface area contributed by atoms with Gasteiger partial charge >= 0.3 is 0 Å². The van der Waals surface area contributed by atoms with Crippen molar-refractivity contribution in [2.45, 2.75) is 11.0 Å². The molecule has 1 heterocycles. The first-order chi connectivity index (χ1) is 10.7. The number of amides is 1. The summed E-state index contributed by atoms with van der Waals surface area (Å²) in [5.41, 5.74) is 2.46. The number of hydrogen-bond acceptors (Lipinski definition) is 3. The van der Waals surface area contributed by atoms with Crippen LogP contribution in [0.5, 0.6) is 0 Å². The fourth-order valence-electron chi connectivity index (χ4n) is 2.21. The van der Waals surface area contributed by atoms with E-state index in [1.807, 2.05) is 47.8 Å². The number of carbonyl (C=O) groups is 1. The minimum Gasteiger partial charge on any atom is -0.322 e. The van der Waals surface area contributed by atoms with Crippen LogP contribution < -0.4 is 5.32 Å². The summed E-state index contributed by atoms with van der Waals surface area (Å²) >= 11 is 3.92. The number of nitrogens with one attached hydrogen (secondary N) is 1. The van der Waals surface area contributed by atoms with Crippen molar-refractivity contribution < 1.29 is 9.18 Å². The van der Waals surface area contributed by atoms with E-state index in [9.17, 15) is 9.18 Å². The van der Waals surface area contributed by atoms with Gasteiger partial charge in [-0.05, 0) is 59.9 Å². The molecular formula is C17H16FNOS2. The van der Waals surface area contributed by atoms with Gasteiger partial charge in [-0.2, -0.15) is 0 Å². The lowest BCUT2D eigenvalue weighted by Gasteiger charge is -2.21. The summed E-state index contributed by atoms with van der Waals surface area (Å²) in [4.78, 5) is 12.2. The molecule has 0 aliphatic carbocycles.